The van der Waals surface area contributed by atoms with Gasteiger partial charge in [0, 0.05) is 6.04 Å². The Kier molecular flexibility index (Phi) is 3.95. The number of nitrogens with one attached hydrogen (secondary N) is 1. The summed E-state index contributed by atoms with van der Waals surface area (Å²) in [4.78, 5) is 12.7. The van der Waals surface area contributed by atoms with Crippen LogP contribution in [-0.2, 0) is 4.79 Å². The maximum atomic E-state index is 12.3. The van der Waals surface area contributed by atoms with Crippen molar-refractivity contribution in [3.63, 3.8) is 0 Å². The summed E-state index contributed by atoms with van der Waals surface area (Å²) in [6.45, 7) is 4.49. The van der Waals surface area contributed by atoms with E-state index in [1.54, 1.807) is 0 Å². The maximum absolute atomic E-state index is 12.3. The number of carbonyl (C=O) groups is 1. The minimum absolute atomic E-state index is 0.0764. The van der Waals surface area contributed by atoms with Crippen molar-refractivity contribution < 1.29 is 4.79 Å². The molecule has 2 aliphatic carbocycles. The summed E-state index contributed by atoms with van der Waals surface area (Å²) in [6.07, 6.45) is 6.48. The van der Waals surface area contributed by atoms with Crippen LogP contribution in [0.5, 0.6) is 0 Å². The van der Waals surface area contributed by atoms with Gasteiger partial charge >= 0.3 is 0 Å². The molecule has 2 unspecified atom stereocenters. The molecule has 3 nitrogen and oxygen atoms in total. The Morgan fingerprint density at radius 3 is 2.44 bits per heavy atom. The molecule has 0 saturated heterocycles. The summed E-state index contributed by atoms with van der Waals surface area (Å²) in [6, 6.07) is 0.318. The Hall–Kier alpha value is -0.640. The lowest BCUT2D eigenvalue weighted by Crippen LogP contribution is -2.49. The second kappa shape index (κ2) is 5.16. The fourth-order valence-corrected chi connectivity index (χ4v) is 3.45. The summed E-state index contributed by atoms with van der Waals surface area (Å²) in [7, 11) is 0. The average molecular weight is 268 g/mol. The Balaban J connectivity index is 1.99. The number of amides is 1. The molecule has 4 heteroatoms. The zero-order valence-electron chi connectivity index (χ0n) is 11.4. The molecular formula is C14H24N2OS. The fraction of sp³-hybridized carbons (Fsp3) is 0.857. The molecule has 102 valence electrons. The average Bonchev–Trinajstić information content (AvgIpc) is 3.10. The van der Waals surface area contributed by atoms with E-state index in [0.29, 0.717) is 22.9 Å². The van der Waals surface area contributed by atoms with Gasteiger partial charge in [-0.1, -0.05) is 38.9 Å². The van der Waals surface area contributed by atoms with Gasteiger partial charge in [0.05, 0.1) is 10.4 Å². The Morgan fingerprint density at radius 1 is 1.33 bits per heavy atom. The first-order chi connectivity index (χ1) is 8.47. The minimum Gasteiger partial charge on any atom is -0.392 e. The molecule has 0 heterocycles. The van der Waals surface area contributed by atoms with Crippen LogP contribution in [0.15, 0.2) is 0 Å². The van der Waals surface area contributed by atoms with E-state index in [2.05, 4.69) is 19.2 Å². The quantitative estimate of drug-likeness (QED) is 0.770. The number of rotatable bonds is 4. The van der Waals surface area contributed by atoms with Crippen LogP contribution in [0.1, 0.15) is 52.4 Å². The van der Waals surface area contributed by atoms with Gasteiger partial charge in [0.25, 0.3) is 0 Å². The molecular weight excluding hydrogens is 244 g/mol. The second-order valence-corrected chi connectivity index (χ2v) is 6.66. The largest absolute Gasteiger partial charge is 0.392 e. The predicted molar refractivity (Wildman–Crippen MR) is 77.2 cm³/mol. The molecule has 18 heavy (non-hydrogen) atoms. The Morgan fingerprint density at radius 2 is 1.94 bits per heavy atom. The van der Waals surface area contributed by atoms with Crippen LogP contribution in [0, 0.1) is 17.3 Å². The SMILES string of the molecule is CC(C)C1CCCCC1NC(=O)C1(C(N)=S)CC1. The highest BCUT2D eigenvalue weighted by Crippen LogP contribution is 2.46. The molecule has 0 bridgehead atoms. The van der Waals surface area contributed by atoms with Crippen molar-refractivity contribution in [3.05, 3.63) is 0 Å². The predicted octanol–water partition coefficient (Wildman–Crippen LogP) is 2.38. The Labute approximate surface area is 115 Å². The van der Waals surface area contributed by atoms with Crippen molar-refractivity contribution in [2.24, 2.45) is 23.0 Å². The van der Waals surface area contributed by atoms with Crippen LogP contribution in [0.3, 0.4) is 0 Å². The van der Waals surface area contributed by atoms with Gasteiger partial charge in [0.15, 0.2) is 0 Å². The first-order valence-corrected chi connectivity index (χ1v) is 7.49. The van der Waals surface area contributed by atoms with Gasteiger partial charge in [0.1, 0.15) is 0 Å². The first kappa shape index (κ1) is 13.8. The molecule has 0 aromatic rings. The summed E-state index contributed by atoms with van der Waals surface area (Å²) in [5.41, 5.74) is 5.20. The van der Waals surface area contributed by atoms with E-state index in [1.807, 2.05) is 0 Å². The van der Waals surface area contributed by atoms with Gasteiger partial charge in [-0.15, -0.1) is 0 Å². The van der Waals surface area contributed by atoms with Crippen molar-refractivity contribution in [1.82, 2.24) is 5.32 Å². The van der Waals surface area contributed by atoms with Crippen LogP contribution in [0.4, 0.5) is 0 Å². The molecule has 0 spiro atoms. The van der Waals surface area contributed by atoms with Crippen LogP contribution in [0.25, 0.3) is 0 Å². The summed E-state index contributed by atoms with van der Waals surface area (Å²) >= 11 is 5.04. The number of thiocarbonyl (C=S) groups is 1. The van der Waals surface area contributed by atoms with Crippen molar-refractivity contribution in [3.8, 4) is 0 Å². The third kappa shape index (κ3) is 2.53. The topological polar surface area (TPSA) is 55.1 Å². The van der Waals surface area contributed by atoms with E-state index in [1.165, 1.54) is 19.3 Å². The van der Waals surface area contributed by atoms with Crippen LogP contribution in [0.2, 0.25) is 0 Å². The number of carbonyl (C=O) groups excluding carboxylic acids is 1. The van der Waals surface area contributed by atoms with Gasteiger partial charge < -0.3 is 11.1 Å². The number of nitrogens with two attached hydrogens (primary N) is 1. The molecule has 0 aliphatic heterocycles. The zero-order chi connectivity index (χ0) is 13.3. The molecule has 2 saturated carbocycles. The smallest absolute Gasteiger partial charge is 0.233 e. The normalized spacial score (nSPS) is 29.9. The molecule has 2 aliphatic rings. The lowest BCUT2D eigenvalue weighted by molar-refractivity contribution is -0.125. The van der Waals surface area contributed by atoms with Crippen molar-refractivity contribution in [2.45, 2.75) is 58.4 Å². The molecule has 2 rings (SSSR count). The van der Waals surface area contributed by atoms with Gasteiger partial charge in [-0.05, 0) is 37.5 Å². The van der Waals surface area contributed by atoms with E-state index in [4.69, 9.17) is 18.0 Å². The Bertz CT molecular complexity index is 350. The first-order valence-electron chi connectivity index (χ1n) is 7.08. The van der Waals surface area contributed by atoms with E-state index in [9.17, 15) is 4.79 Å². The van der Waals surface area contributed by atoms with E-state index >= 15 is 0 Å². The van der Waals surface area contributed by atoms with E-state index < -0.39 is 5.41 Å². The second-order valence-electron chi connectivity index (χ2n) is 6.22. The summed E-state index contributed by atoms with van der Waals surface area (Å²) in [5, 5.41) is 3.23. The molecule has 0 radical (unpaired) electrons. The van der Waals surface area contributed by atoms with Crippen LogP contribution < -0.4 is 11.1 Å². The highest BCUT2D eigenvalue weighted by Gasteiger charge is 2.53. The highest BCUT2D eigenvalue weighted by molar-refractivity contribution is 7.80. The molecule has 0 aromatic heterocycles. The molecule has 2 fully saturated rings. The molecule has 3 N–H and O–H groups in total. The van der Waals surface area contributed by atoms with Crippen LogP contribution in [-0.4, -0.2) is 16.9 Å². The summed E-state index contributed by atoms with van der Waals surface area (Å²) in [5.74, 6) is 1.30. The highest BCUT2D eigenvalue weighted by atomic mass is 32.1. The molecule has 2 atom stereocenters. The lowest BCUT2D eigenvalue weighted by atomic mass is 9.77. The standard InChI is InChI=1S/C14H24N2OS/c1-9(2)10-5-3-4-6-11(10)16-13(17)14(7-8-14)12(15)18/h9-11H,3-8H2,1-2H3,(H2,15,18)(H,16,17). The van der Waals surface area contributed by atoms with Gasteiger partial charge in [-0.3, -0.25) is 4.79 Å². The van der Waals surface area contributed by atoms with E-state index in [0.717, 1.165) is 19.3 Å². The summed E-state index contributed by atoms with van der Waals surface area (Å²) < 4.78 is 0. The number of hydrogen-bond acceptors (Lipinski definition) is 2. The molecule has 0 aromatic carbocycles. The van der Waals surface area contributed by atoms with Crippen LogP contribution >= 0.6 is 12.2 Å². The van der Waals surface area contributed by atoms with Gasteiger partial charge in [-0.25, -0.2) is 0 Å². The fourth-order valence-electron chi connectivity index (χ4n) is 3.15. The van der Waals surface area contributed by atoms with Gasteiger partial charge in [0.2, 0.25) is 5.91 Å². The third-order valence-corrected chi connectivity index (χ3v) is 5.04. The lowest BCUT2D eigenvalue weighted by Gasteiger charge is -2.35. The van der Waals surface area contributed by atoms with Gasteiger partial charge in [-0.2, -0.15) is 0 Å². The van der Waals surface area contributed by atoms with Crippen molar-refractivity contribution in [1.29, 1.82) is 0 Å². The minimum atomic E-state index is -0.506. The van der Waals surface area contributed by atoms with Crippen molar-refractivity contribution >= 4 is 23.1 Å². The zero-order valence-corrected chi connectivity index (χ0v) is 12.2. The van der Waals surface area contributed by atoms with E-state index in [-0.39, 0.29) is 5.91 Å². The molecule has 1 amide bonds. The third-order valence-electron chi connectivity index (χ3n) is 4.65. The maximum Gasteiger partial charge on any atom is 0.233 e. The number of hydrogen-bond donors (Lipinski definition) is 2. The van der Waals surface area contributed by atoms with Crippen molar-refractivity contribution in [2.75, 3.05) is 0 Å². The monoisotopic (exact) mass is 268 g/mol.